The maximum atomic E-state index is 11.8. The summed E-state index contributed by atoms with van der Waals surface area (Å²) >= 11 is 0. The van der Waals surface area contributed by atoms with E-state index < -0.39 is 29.6 Å². The lowest BCUT2D eigenvalue weighted by molar-refractivity contribution is -0.146. The van der Waals surface area contributed by atoms with Crippen molar-refractivity contribution in [3.05, 3.63) is 32.6 Å². The Morgan fingerprint density at radius 3 is 2.95 bits per heavy atom. The minimum Gasteiger partial charge on any atom is -0.463 e. The number of nitrogens with one attached hydrogen (secondary N) is 1. The number of carbonyl (C=O) groups excluding carboxylic acids is 1. The second-order valence-corrected chi connectivity index (χ2v) is 4.92. The number of carbonyl (C=O) groups is 1. The van der Waals surface area contributed by atoms with Gasteiger partial charge in [-0.15, -0.1) is 12.3 Å². The summed E-state index contributed by atoms with van der Waals surface area (Å²) in [6.45, 7) is 2.93. The lowest BCUT2D eigenvalue weighted by Crippen LogP contribution is -2.33. The van der Waals surface area contributed by atoms with Crippen LogP contribution in [0.1, 0.15) is 25.1 Å². The molecule has 0 bridgehead atoms. The predicted octanol–water partition coefficient (Wildman–Crippen LogP) is -0.0550. The van der Waals surface area contributed by atoms with Gasteiger partial charge in [-0.05, 0) is 6.92 Å². The average Bonchev–Trinajstić information content (AvgIpc) is 2.83. The van der Waals surface area contributed by atoms with Crippen LogP contribution in [0.4, 0.5) is 0 Å². The van der Waals surface area contributed by atoms with Crippen molar-refractivity contribution in [2.24, 2.45) is 5.92 Å². The predicted molar refractivity (Wildman–Crippen MR) is 73.5 cm³/mol. The molecule has 1 saturated heterocycles. The normalized spacial score (nSPS) is 24.5. The maximum absolute atomic E-state index is 11.8. The SMILES string of the molecule is C#C[C@H]1C[C@H](n2cc(C)c(=O)[nH]c2=O)O[C@@H]1COC(C)=O. The molecule has 0 spiro atoms. The second kappa shape index (κ2) is 5.97. The highest BCUT2D eigenvalue weighted by molar-refractivity contribution is 5.65. The molecular weight excluding hydrogens is 276 g/mol. The van der Waals surface area contributed by atoms with Gasteiger partial charge in [0.15, 0.2) is 0 Å². The molecule has 1 aromatic heterocycles. The van der Waals surface area contributed by atoms with E-state index >= 15 is 0 Å². The summed E-state index contributed by atoms with van der Waals surface area (Å²) in [7, 11) is 0. The average molecular weight is 292 g/mol. The molecule has 21 heavy (non-hydrogen) atoms. The fourth-order valence-electron chi connectivity index (χ4n) is 2.23. The summed E-state index contributed by atoms with van der Waals surface area (Å²) < 4.78 is 11.9. The zero-order valence-corrected chi connectivity index (χ0v) is 11.8. The molecule has 0 amide bonds. The van der Waals surface area contributed by atoms with E-state index in [-0.39, 0.29) is 12.5 Å². The number of hydrogen-bond donors (Lipinski definition) is 1. The van der Waals surface area contributed by atoms with E-state index in [9.17, 15) is 14.4 Å². The highest BCUT2D eigenvalue weighted by Crippen LogP contribution is 2.32. The highest BCUT2D eigenvalue weighted by Gasteiger charge is 2.36. The van der Waals surface area contributed by atoms with Crippen molar-refractivity contribution < 1.29 is 14.3 Å². The molecule has 0 aliphatic carbocycles. The van der Waals surface area contributed by atoms with E-state index in [1.165, 1.54) is 17.7 Å². The van der Waals surface area contributed by atoms with Crippen LogP contribution in [-0.2, 0) is 14.3 Å². The first-order valence-electron chi connectivity index (χ1n) is 6.49. The van der Waals surface area contributed by atoms with Gasteiger partial charge in [0.2, 0.25) is 0 Å². The molecule has 0 radical (unpaired) electrons. The fraction of sp³-hybridized carbons (Fsp3) is 0.500. The third kappa shape index (κ3) is 3.23. The number of esters is 1. The van der Waals surface area contributed by atoms with Gasteiger partial charge < -0.3 is 9.47 Å². The van der Waals surface area contributed by atoms with Crippen LogP contribution in [0.2, 0.25) is 0 Å². The Hall–Kier alpha value is -2.33. The van der Waals surface area contributed by atoms with Gasteiger partial charge in [-0.2, -0.15) is 0 Å². The maximum Gasteiger partial charge on any atom is 0.330 e. The minimum atomic E-state index is -0.588. The monoisotopic (exact) mass is 292 g/mol. The molecule has 7 heteroatoms. The van der Waals surface area contributed by atoms with Crippen LogP contribution >= 0.6 is 0 Å². The molecule has 1 aliphatic rings. The van der Waals surface area contributed by atoms with Gasteiger partial charge in [0.1, 0.15) is 18.9 Å². The van der Waals surface area contributed by atoms with Crippen LogP contribution in [0.25, 0.3) is 0 Å². The van der Waals surface area contributed by atoms with E-state index in [1.807, 2.05) is 0 Å². The van der Waals surface area contributed by atoms with E-state index in [0.717, 1.165) is 0 Å². The molecule has 1 fully saturated rings. The van der Waals surface area contributed by atoms with Gasteiger partial charge >= 0.3 is 11.7 Å². The Bertz CT molecular complexity index is 697. The highest BCUT2D eigenvalue weighted by atomic mass is 16.6. The first-order valence-corrected chi connectivity index (χ1v) is 6.49. The summed E-state index contributed by atoms with van der Waals surface area (Å²) in [5, 5.41) is 0. The topological polar surface area (TPSA) is 90.4 Å². The quantitative estimate of drug-likeness (QED) is 0.623. The van der Waals surface area contributed by atoms with Gasteiger partial charge in [0.05, 0.1) is 5.92 Å². The van der Waals surface area contributed by atoms with Crippen LogP contribution < -0.4 is 11.2 Å². The van der Waals surface area contributed by atoms with Gasteiger partial charge in [-0.25, -0.2) is 4.79 Å². The summed E-state index contributed by atoms with van der Waals surface area (Å²) in [5.74, 6) is 1.89. The van der Waals surface area contributed by atoms with Crippen molar-refractivity contribution in [3.63, 3.8) is 0 Å². The second-order valence-electron chi connectivity index (χ2n) is 4.92. The lowest BCUT2D eigenvalue weighted by Gasteiger charge is -2.16. The zero-order valence-electron chi connectivity index (χ0n) is 11.8. The number of terminal acetylenes is 1. The van der Waals surface area contributed by atoms with Crippen molar-refractivity contribution in [2.45, 2.75) is 32.6 Å². The Kier molecular flexibility index (Phi) is 4.29. The molecule has 0 saturated carbocycles. The largest absolute Gasteiger partial charge is 0.463 e. The first kappa shape index (κ1) is 15.1. The number of aromatic amines is 1. The van der Waals surface area contributed by atoms with E-state index in [2.05, 4.69) is 10.9 Å². The number of rotatable bonds is 3. The molecule has 0 unspecified atom stereocenters. The van der Waals surface area contributed by atoms with E-state index in [4.69, 9.17) is 15.9 Å². The number of nitrogens with zero attached hydrogens (tertiary/aromatic N) is 1. The molecule has 1 N–H and O–H groups in total. The van der Waals surface area contributed by atoms with Gasteiger partial charge in [0.25, 0.3) is 5.56 Å². The summed E-state index contributed by atoms with van der Waals surface area (Å²) in [4.78, 5) is 36.3. The third-order valence-electron chi connectivity index (χ3n) is 3.36. The number of hydrogen-bond acceptors (Lipinski definition) is 5. The van der Waals surface area contributed by atoms with Gasteiger partial charge in [-0.3, -0.25) is 19.1 Å². The van der Waals surface area contributed by atoms with Crippen LogP contribution in [0.5, 0.6) is 0 Å². The fourth-order valence-corrected chi connectivity index (χ4v) is 2.23. The van der Waals surface area contributed by atoms with Crippen molar-refractivity contribution in [2.75, 3.05) is 6.61 Å². The van der Waals surface area contributed by atoms with Crippen molar-refractivity contribution in [1.29, 1.82) is 0 Å². The summed E-state index contributed by atoms with van der Waals surface area (Å²) in [6, 6.07) is 0. The molecule has 7 nitrogen and oxygen atoms in total. The summed E-state index contributed by atoms with van der Waals surface area (Å²) in [5.41, 5.74) is -0.586. The first-order chi connectivity index (χ1) is 9.92. The van der Waals surface area contributed by atoms with Crippen molar-refractivity contribution in [1.82, 2.24) is 9.55 Å². The lowest BCUT2D eigenvalue weighted by atomic mass is 10.0. The molecule has 1 aliphatic heterocycles. The Morgan fingerprint density at radius 1 is 1.62 bits per heavy atom. The van der Waals surface area contributed by atoms with Crippen LogP contribution in [-0.4, -0.2) is 28.2 Å². The van der Waals surface area contributed by atoms with E-state index in [1.54, 1.807) is 6.92 Å². The van der Waals surface area contributed by atoms with Crippen LogP contribution in [0.3, 0.4) is 0 Å². The molecule has 3 atom stereocenters. The number of aryl methyl sites for hydroxylation is 1. The van der Waals surface area contributed by atoms with Crippen molar-refractivity contribution >= 4 is 5.97 Å². The Labute approximate surface area is 120 Å². The smallest absolute Gasteiger partial charge is 0.330 e. The molecule has 2 rings (SSSR count). The number of aromatic nitrogens is 2. The Balaban J connectivity index is 2.22. The van der Waals surface area contributed by atoms with E-state index in [0.29, 0.717) is 12.0 Å². The zero-order chi connectivity index (χ0) is 15.6. The molecule has 2 heterocycles. The number of ether oxygens (including phenoxy) is 2. The molecular formula is C14H16N2O5. The third-order valence-corrected chi connectivity index (χ3v) is 3.36. The van der Waals surface area contributed by atoms with Crippen LogP contribution in [0.15, 0.2) is 15.8 Å². The molecule has 112 valence electrons. The van der Waals surface area contributed by atoms with Crippen molar-refractivity contribution in [3.8, 4) is 12.3 Å². The standard InChI is InChI=1S/C14H16N2O5/c1-4-10-5-12(21-11(10)7-20-9(3)17)16-6-8(2)13(18)15-14(16)19/h1,6,10-12H,5,7H2,2-3H3,(H,15,18,19)/t10-,11+,12+/m0/s1. The number of H-pyrrole nitrogens is 1. The molecule has 1 aromatic rings. The van der Waals surface area contributed by atoms with Crippen LogP contribution in [0, 0.1) is 25.2 Å². The molecule has 0 aromatic carbocycles. The van der Waals surface area contributed by atoms with Gasteiger partial charge in [-0.1, -0.05) is 0 Å². The summed E-state index contributed by atoms with van der Waals surface area (Å²) in [6.07, 6.45) is 6.24. The van der Waals surface area contributed by atoms with Gasteiger partial charge in [0, 0.05) is 25.1 Å². The minimum absolute atomic E-state index is 0.0395. The Morgan fingerprint density at radius 2 is 2.33 bits per heavy atom.